The van der Waals surface area contributed by atoms with Gasteiger partial charge in [-0.15, -0.1) is 0 Å². The first-order valence-corrected chi connectivity index (χ1v) is 13.1. The molecule has 0 aliphatic heterocycles. The van der Waals surface area contributed by atoms with E-state index in [-0.39, 0.29) is 40.8 Å². The Labute approximate surface area is 221 Å². The lowest BCUT2D eigenvalue weighted by Gasteiger charge is -2.17. The summed E-state index contributed by atoms with van der Waals surface area (Å²) in [4.78, 5) is 17.3. The van der Waals surface area contributed by atoms with Gasteiger partial charge in [-0.25, -0.2) is 9.97 Å². The minimum absolute atomic E-state index is 0.00664. The fourth-order valence-corrected chi connectivity index (χ4v) is 4.41. The average Bonchev–Trinajstić information content (AvgIpc) is 2.94. The summed E-state index contributed by atoms with van der Waals surface area (Å²) in [7, 11) is -1.29. The number of methoxy groups -OCH3 is 2. The van der Waals surface area contributed by atoms with Crippen LogP contribution in [0.5, 0.6) is 23.1 Å². The summed E-state index contributed by atoms with van der Waals surface area (Å²) < 4.78 is 46.2. The highest BCUT2D eigenvalue weighted by atomic mass is 32.2. The van der Waals surface area contributed by atoms with E-state index in [4.69, 9.17) is 19.9 Å². The number of para-hydroxylation sites is 2. The number of ether oxygens (including phenoxy) is 3. The fourth-order valence-electron chi connectivity index (χ4n) is 3.47. The average molecular weight is 537 g/mol. The molecule has 0 saturated carbocycles. The third-order valence-electron chi connectivity index (χ3n) is 5.53. The van der Waals surface area contributed by atoms with Crippen molar-refractivity contribution in [2.75, 3.05) is 18.9 Å². The Morgan fingerprint density at radius 3 is 2.37 bits per heavy atom. The van der Waals surface area contributed by atoms with E-state index in [1.807, 2.05) is 13.8 Å². The predicted molar refractivity (Wildman–Crippen MR) is 142 cm³/mol. The quantitative estimate of drug-likeness (QED) is 0.303. The number of nitrogens with zero attached hydrogens (tertiary/aromatic N) is 4. The maximum Gasteiger partial charge on any atom is 0.280 e. The maximum absolute atomic E-state index is 13.4. The summed E-state index contributed by atoms with van der Waals surface area (Å²) in [6, 6.07) is 13.4. The Balaban J connectivity index is 1.85. The van der Waals surface area contributed by atoms with Gasteiger partial charge in [0.25, 0.3) is 15.9 Å². The van der Waals surface area contributed by atoms with Gasteiger partial charge < -0.3 is 19.9 Å². The predicted octanol–water partition coefficient (Wildman–Crippen LogP) is 4.13. The summed E-state index contributed by atoms with van der Waals surface area (Å²) in [5.41, 5.74) is 7.81. The number of benzene rings is 1. The Kier molecular flexibility index (Phi) is 8.03. The van der Waals surface area contributed by atoms with E-state index in [1.54, 1.807) is 48.7 Å². The van der Waals surface area contributed by atoms with Crippen LogP contribution < -0.4 is 24.7 Å². The Morgan fingerprint density at radius 1 is 0.974 bits per heavy atom. The minimum atomic E-state index is -4.17. The zero-order chi connectivity index (χ0) is 27.3. The van der Waals surface area contributed by atoms with Crippen molar-refractivity contribution >= 4 is 15.8 Å². The number of nitrogens with one attached hydrogen (secondary N) is 1. The molecule has 4 aromatic rings. The second-order valence-electron chi connectivity index (χ2n) is 8.42. The van der Waals surface area contributed by atoms with Crippen LogP contribution in [0.25, 0.3) is 11.4 Å². The van der Waals surface area contributed by atoms with E-state index in [9.17, 15) is 8.42 Å². The highest BCUT2D eigenvalue weighted by Crippen LogP contribution is 2.41. The van der Waals surface area contributed by atoms with Crippen LogP contribution in [0.1, 0.15) is 31.0 Å². The van der Waals surface area contributed by atoms with Crippen LogP contribution in [0.4, 0.5) is 5.82 Å². The number of nitrogens with two attached hydrogens (primary N) is 1. The number of rotatable bonds is 10. The van der Waals surface area contributed by atoms with Gasteiger partial charge in [-0.3, -0.25) is 9.71 Å². The van der Waals surface area contributed by atoms with Crippen LogP contribution in [0, 0.1) is 0 Å². The first-order chi connectivity index (χ1) is 18.2. The van der Waals surface area contributed by atoms with Gasteiger partial charge in [0.2, 0.25) is 5.75 Å². The molecule has 0 aliphatic rings. The van der Waals surface area contributed by atoms with Crippen molar-refractivity contribution in [1.29, 1.82) is 0 Å². The lowest BCUT2D eigenvalue weighted by atomic mass is 10.1. The molecule has 0 aliphatic carbocycles. The Bertz CT molecular complexity index is 1530. The molecule has 12 heteroatoms. The molecule has 3 N–H and O–H groups in total. The molecule has 3 aromatic heterocycles. The monoisotopic (exact) mass is 536 g/mol. The summed E-state index contributed by atoms with van der Waals surface area (Å²) in [6.07, 6.45) is 3.10. The zero-order valence-electron chi connectivity index (χ0n) is 21.4. The van der Waals surface area contributed by atoms with Crippen molar-refractivity contribution < 1.29 is 22.6 Å². The third kappa shape index (κ3) is 5.82. The molecule has 1 aromatic carbocycles. The molecule has 198 valence electrons. The van der Waals surface area contributed by atoms with Crippen LogP contribution in [0.2, 0.25) is 0 Å². The number of aromatic nitrogens is 4. The third-order valence-corrected chi connectivity index (χ3v) is 6.78. The maximum atomic E-state index is 13.4. The van der Waals surface area contributed by atoms with Crippen molar-refractivity contribution in [3.8, 4) is 34.5 Å². The molecule has 0 bridgehead atoms. The largest absolute Gasteiger partial charge is 0.493 e. The van der Waals surface area contributed by atoms with Gasteiger partial charge in [-0.2, -0.15) is 13.4 Å². The van der Waals surface area contributed by atoms with Crippen molar-refractivity contribution in [2.24, 2.45) is 5.73 Å². The van der Waals surface area contributed by atoms with Crippen LogP contribution in [-0.2, 0) is 16.6 Å². The normalized spacial score (nSPS) is 11.3. The second-order valence-corrected chi connectivity index (χ2v) is 10.0. The number of hydrogen-bond donors (Lipinski definition) is 2. The van der Waals surface area contributed by atoms with E-state index in [1.165, 1.54) is 26.5 Å². The highest BCUT2D eigenvalue weighted by molar-refractivity contribution is 7.92. The zero-order valence-corrected chi connectivity index (χ0v) is 22.2. The molecule has 0 saturated heterocycles. The summed E-state index contributed by atoms with van der Waals surface area (Å²) in [5, 5.41) is -0.182. The van der Waals surface area contributed by atoms with Gasteiger partial charge in [0.05, 0.1) is 19.9 Å². The van der Waals surface area contributed by atoms with Crippen molar-refractivity contribution in [3.63, 3.8) is 0 Å². The van der Waals surface area contributed by atoms with Gasteiger partial charge in [0.15, 0.2) is 28.2 Å². The number of sulfonamides is 1. The van der Waals surface area contributed by atoms with Crippen molar-refractivity contribution in [1.82, 2.24) is 19.9 Å². The summed E-state index contributed by atoms with van der Waals surface area (Å²) in [5.74, 6) is 0.870. The van der Waals surface area contributed by atoms with Crippen molar-refractivity contribution in [2.45, 2.75) is 31.3 Å². The Morgan fingerprint density at radius 2 is 1.74 bits per heavy atom. The SMILES string of the molecule is COc1ccccc1Oc1c(NS(=O)(=O)c2ccc(C(C)C)cn2)nc(-c2ccnc(CN)c2)nc1OC. The molecule has 0 spiro atoms. The standard InChI is InChI=1S/C26H28N6O5S/c1-16(2)18-9-10-22(29-15-18)38(33,34)32-25-23(37-21-8-6-5-7-20(21)35-3)26(36-4)31-24(30-25)17-11-12-28-19(13-17)14-27/h5-13,15-16H,14,27H2,1-4H3,(H,30,31,32). The number of anilines is 1. The smallest absolute Gasteiger partial charge is 0.280 e. The molecule has 0 amide bonds. The molecule has 3 heterocycles. The molecule has 0 atom stereocenters. The lowest BCUT2D eigenvalue weighted by molar-refractivity contribution is 0.348. The molecule has 0 radical (unpaired) electrons. The molecule has 38 heavy (non-hydrogen) atoms. The van der Waals surface area contributed by atoms with Gasteiger partial charge in [0.1, 0.15) is 0 Å². The van der Waals surface area contributed by atoms with Crippen LogP contribution >= 0.6 is 0 Å². The molecular formula is C26H28N6O5S. The van der Waals surface area contributed by atoms with E-state index < -0.39 is 10.0 Å². The van der Waals surface area contributed by atoms with E-state index in [0.717, 1.165) is 5.56 Å². The van der Waals surface area contributed by atoms with E-state index in [0.29, 0.717) is 22.8 Å². The van der Waals surface area contributed by atoms with Crippen LogP contribution in [-0.4, -0.2) is 42.6 Å². The van der Waals surface area contributed by atoms with Crippen LogP contribution in [0.3, 0.4) is 0 Å². The topological polar surface area (TPSA) is 151 Å². The fraction of sp³-hybridized carbons (Fsp3) is 0.231. The van der Waals surface area contributed by atoms with Gasteiger partial charge in [-0.1, -0.05) is 32.0 Å². The molecule has 11 nitrogen and oxygen atoms in total. The van der Waals surface area contributed by atoms with E-state index in [2.05, 4.69) is 24.7 Å². The highest BCUT2D eigenvalue weighted by Gasteiger charge is 2.26. The summed E-state index contributed by atoms with van der Waals surface area (Å²) >= 11 is 0. The summed E-state index contributed by atoms with van der Waals surface area (Å²) in [6.45, 7) is 4.20. The van der Waals surface area contributed by atoms with Gasteiger partial charge in [0, 0.05) is 24.5 Å². The number of hydrogen-bond acceptors (Lipinski definition) is 10. The minimum Gasteiger partial charge on any atom is -0.493 e. The molecular weight excluding hydrogens is 508 g/mol. The molecule has 0 fully saturated rings. The number of pyridine rings is 2. The van der Waals surface area contributed by atoms with Crippen LogP contribution in [0.15, 0.2) is 66.0 Å². The Hall–Kier alpha value is -4.29. The van der Waals surface area contributed by atoms with Crippen molar-refractivity contribution in [3.05, 3.63) is 72.2 Å². The lowest BCUT2D eigenvalue weighted by Crippen LogP contribution is -2.17. The van der Waals surface area contributed by atoms with E-state index >= 15 is 0 Å². The first-order valence-electron chi connectivity index (χ1n) is 11.7. The van der Waals surface area contributed by atoms with Gasteiger partial charge >= 0.3 is 0 Å². The molecule has 0 unspecified atom stereocenters. The second kappa shape index (κ2) is 11.4. The molecule has 4 rings (SSSR count). The van der Waals surface area contributed by atoms with Gasteiger partial charge in [-0.05, 0) is 41.8 Å². The first kappa shape index (κ1) is 26.8.